The van der Waals surface area contributed by atoms with Crippen molar-refractivity contribution in [2.45, 2.75) is 224 Å². The summed E-state index contributed by atoms with van der Waals surface area (Å²) < 4.78 is 0. The molecule has 0 bridgehead atoms. The van der Waals surface area contributed by atoms with Gasteiger partial charge in [-0.15, -0.1) is 0 Å². The Labute approximate surface area is 549 Å². The fourth-order valence-corrected chi connectivity index (χ4v) is 9.97. The van der Waals surface area contributed by atoms with Gasteiger partial charge in [-0.3, -0.25) is 73.5 Å². The van der Waals surface area contributed by atoms with E-state index < -0.39 is 181 Å². The van der Waals surface area contributed by atoms with Crippen LogP contribution in [0.15, 0.2) is 0 Å². The highest BCUT2D eigenvalue weighted by atomic mass is 16.4. The van der Waals surface area contributed by atoms with Crippen LogP contribution in [0.5, 0.6) is 0 Å². The minimum atomic E-state index is -1.71. The van der Waals surface area contributed by atoms with Crippen LogP contribution in [0.25, 0.3) is 0 Å². The minimum absolute atomic E-state index is 0.0115. The fourth-order valence-electron chi connectivity index (χ4n) is 9.97. The van der Waals surface area contributed by atoms with E-state index in [0.717, 1.165) is 0 Å². The maximum Gasteiger partial charge on any atom is 0.326 e. The molecule has 1 fully saturated rings. The summed E-state index contributed by atoms with van der Waals surface area (Å²) in [5, 5.41) is 41.1. The molecule has 0 unspecified atom stereocenters. The van der Waals surface area contributed by atoms with Gasteiger partial charge in [0.1, 0.15) is 73.2 Å². The number of unbranched alkanes of at least 4 members (excludes halogenated alkanes) is 1. The van der Waals surface area contributed by atoms with E-state index in [9.17, 15) is 67.4 Å². The Morgan fingerprint density at radius 3 is 1.43 bits per heavy atom. The Hall–Kier alpha value is -7.33. The maximum absolute atomic E-state index is 14.4. The molecule has 0 aliphatic carbocycles. The van der Waals surface area contributed by atoms with Crippen molar-refractivity contribution in [2.75, 3.05) is 39.3 Å². The lowest BCUT2D eigenvalue weighted by Gasteiger charge is -2.32. The van der Waals surface area contributed by atoms with Crippen molar-refractivity contribution in [1.29, 1.82) is 0 Å². The average Bonchev–Trinajstić information content (AvgIpc) is 1.60. The number of primary amides is 2. The molecule has 12 amide bonds. The van der Waals surface area contributed by atoms with E-state index in [1.807, 2.05) is 0 Å². The number of amides is 12. The first-order chi connectivity index (χ1) is 44.1. The van der Waals surface area contributed by atoms with Crippen LogP contribution in [0.2, 0.25) is 0 Å². The number of nitrogens with two attached hydrogens (primary N) is 10. The number of aliphatic carboxylic acids is 1. The van der Waals surface area contributed by atoms with Gasteiger partial charge in [0.2, 0.25) is 70.9 Å². The Kier molecular flexibility index (Phi) is 40.6. The van der Waals surface area contributed by atoms with Gasteiger partial charge in [0.15, 0.2) is 0 Å². The molecule has 1 heterocycles. The molecular formula is C57H111N23O14. The predicted molar refractivity (Wildman–Crippen MR) is 346 cm³/mol. The number of nitrogens with one attached hydrogen (secondary N) is 12. The average molecular weight is 1340 g/mol. The van der Waals surface area contributed by atoms with E-state index >= 15 is 0 Å². The quantitative estimate of drug-likeness (QED) is 0.0199. The van der Waals surface area contributed by atoms with Crippen LogP contribution in [0.1, 0.15) is 144 Å². The number of carbonyl (C=O) groups excluding carboxylic acids is 12. The molecule has 0 spiro atoms. The standard InChI is InChI=1S/C57H111N23O14/c1-29(2)25-37(77-47(86)34(15-10-22-69-56(64)65)73-45(84)32(59)13-9-21-68-55(62)63)49(88)75-35(18-19-41(60)81)48(87)74-33(14-7-8-20-58)46(85)71-28-43(83)72-38(27-42(61)82)50(89)78-39(26-30(3)4)53(92)80-24-12-17-40(80)51(90)79-44(31(5)6)52(91)76-36(54(93)94)16-11-23-70-57(66)67/h29-40,44,55-57,68-70H,7-28,58-59,62-67H2,1-6H3,(H2,60,81)(H2,61,82)(H,71,85)(H,72,83)(H,73,84)(H,74,87)(H,75,88)(H,76,91)(H,77,86)(H,78,89)(H,79,90)(H,93,94)/t32-,33-,34-,35-,36-,37-,38-,39-,40-,44-/m0/s1. The molecule has 538 valence electrons. The molecule has 1 aliphatic rings. The van der Waals surface area contributed by atoms with Crippen LogP contribution in [-0.4, -0.2) is 205 Å². The molecular weight excluding hydrogens is 1230 g/mol. The second-order valence-corrected chi connectivity index (χ2v) is 24.7. The molecule has 37 nitrogen and oxygen atoms in total. The molecule has 0 saturated carbocycles. The third kappa shape index (κ3) is 34.7. The van der Waals surface area contributed by atoms with Crippen molar-refractivity contribution in [3.63, 3.8) is 0 Å². The van der Waals surface area contributed by atoms with Crippen molar-refractivity contribution in [2.24, 2.45) is 75.1 Å². The van der Waals surface area contributed by atoms with E-state index in [0.29, 0.717) is 25.8 Å². The first-order valence-electron chi connectivity index (χ1n) is 32.1. The molecule has 10 atom stereocenters. The number of hydrogen-bond donors (Lipinski definition) is 23. The van der Waals surface area contributed by atoms with Crippen LogP contribution < -0.4 is 121 Å². The predicted octanol–water partition coefficient (Wildman–Crippen LogP) is -8.89. The molecule has 94 heavy (non-hydrogen) atoms. The third-order valence-corrected chi connectivity index (χ3v) is 14.9. The van der Waals surface area contributed by atoms with Gasteiger partial charge in [-0.25, -0.2) is 4.79 Å². The monoisotopic (exact) mass is 1340 g/mol. The first-order valence-corrected chi connectivity index (χ1v) is 32.1. The number of carboxylic acid groups (broad SMARTS) is 1. The third-order valence-electron chi connectivity index (χ3n) is 14.9. The molecule has 1 rings (SSSR count). The van der Waals surface area contributed by atoms with Crippen molar-refractivity contribution in [3.8, 4) is 0 Å². The van der Waals surface area contributed by atoms with E-state index in [4.69, 9.17) is 57.3 Å². The largest absolute Gasteiger partial charge is 0.480 e. The zero-order valence-electron chi connectivity index (χ0n) is 55.3. The number of rotatable bonds is 49. The summed E-state index contributed by atoms with van der Waals surface area (Å²) in [6, 6.07) is -13.3. The van der Waals surface area contributed by atoms with Crippen molar-refractivity contribution in [3.05, 3.63) is 0 Å². The second-order valence-electron chi connectivity index (χ2n) is 24.7. The van der Waals surface area contributed by atoms with Crippen LogP contribution in [-0.2, 0) is 62.3 Å². The molecule has 0 aromatic heterocycles. The zero-order valence-corrected chi connectivity index (χ0v) is 55.3. The van der Waals surface area contributed by atoms with E-state index in [2.05, 4.69) is 63.8 Å². The number of carboxylic acids is 1. The molecule has 1 aliphatic heterocycles. The highest BCUT2D eigenvalue weighted by molar-refractivity contribution is 5.99. The fraction of sp³-hybridized carbons (Fsp3) is 0.772. The second kappa shape index (κ2) is 45.1. The SMILES string of the molecule is CC(C)C[C@H](NC(=O)[C@H](CCCNC(N)N)NC(=O)[C@@H](N)CCCNC(N)N)C(=O)N[C@@H](CCC(N)=O)C(=O)N[C@@H](CCCCN)C(=O)NCC(=O)N[C@@H](CC(N)=O)C(=O)N[C@@H](CC(C)C)C(=O)N1CCC[C@H]1C(=O)N[C@H](C(=O)N[C@@H](CCCNC(N)N)C(=O)O)C(C)C. The summed E-state index contributed by atoms with van der Waals surface area (Å²) in [4.78, 5) is 177. The lowest BCUT2D eigenvalue weighted by molar-refractivity contribution is -0.144. The Bertz CT molecular complexity index is 2460. The van der Waals surface area contributed by atoms with Gasteiger partial charge in [-0.1, -0.05) is 41.5 Å². The van der Waals surface area contributed by atoms with Gasteiger partial charge in [0.05, 0.1) is 19.0 Å². The highest BCUT2D eigenvalue weighted by Gasteiger charge is 2.41. The first kappa shape index (κ1) is 84.7. The maximum atomic E-state index is 14.4. The van der Waals surface area contributed by atoms with Crippen molar-refractivity contribution < 1.29 is 67.4 Å². The van der Waals surface area contributed by atoms with Crippen LogP contribution >= 0.6 is 0 Å². The number of hydrogen-bond acceptors (Lipinski definition) is 24. The Morgan fingerprint density at radius 1 is 0.479 bits per heavy atom. The van der Waals surface area contributed by atoms with Gasteiger partial charge in [-0.05, 0) is 134 Å². The normalized spacial score (nSPS) is 16.0. The van der Waals surface area contributed by atoms with E-state index in [1.54, 1.807) is 41.5 Å². The number of likely N-dealkylation sites (tertiary alicyclic amines) is 1. The van der Waals surface area contributed by atoms with Gasteiger partial charge >= 0.3 is 5.97 Å². The lowest BCUT2D eigenvalue weighted by Crippen LogP contribution is -2.60. The smallest absolute Gasteiger partial charge is 0.326 e. The molecule has 0 radical (unpaired) electrons. The van der Waals surface area contributed by atoms with Crippen LogP contribution in [0.4, 0.5) is 0 Å². The number of nitrogens with zero attached hydrogens (tertiary/aromatic N) is 1. The summed E-state index contributed by atoms with van der Waals surface area (Å²) in [6.07, 6.45) is -1.71. The lowest BCUT2D eigenvalue weighted by atomic mass is 10.00. The van der Waals surface area contributed by atoms with E-state index in [1.165, 1.54) is 4.90 Å². The van der Waals surface area contributed by atoms with Crippen molar-refractivity contribution in [1.82, 2.24) is 68.7 Å². The molecule has 0 aromatic carbocycles. The van der Waals surface area contributed by atoms with E-state index in [-0.39, 0.29) is 109 Å². The summed E-state index contributed by atoms with van der Waals surface area (Å²) in [6.45, 7) is 10.6. The Morgan fingerprint density at radius 2 is 0.926 bits per heavy atom. The molecule has 37 heteroatoms. The zero-order chi connectivity index (χ0) is 71.4. The van der Waals surface area contributed by atoms with Gasteiger partial charge in [0.25, 0.3) is 0 Å². The van der Waals surface area contributed by atoms with Crippen LogP contribution in [0.3, 0.4) is 0 Å². The van der Waals surface area contributed by atoms with Gasteiger partial charge in [-0.2, -0.15) is 0 Å². The van der Waals surface area contributed by atoms with Gasteiger partial charge in [0, 0.05) is 13.0 Å². The number of carbonyl (C=O) groups is 13. The molecule has 1 saturated heterocycles. The summed E-state index contributed by atoms with van der Waals surface area (Å²) >= 11 is 0. The van der Waals surface area contributed by atoms with Crippen molar-refractivity contribution >= 4 is 76.9 Å². The van der Waals surface area contributed by atoms with Crippen LogP contribution in [0, 0.1) is 17.8 Å². The Balaban J connectivity index is 3.38. The summed E-state index contributed by atoms with van der Waals surface area (Å²) in [5.74, 6) is -12.7. The molecule has 0 aromatic rings. The summed E-state index contributed by atoms with van der Waals surface area (Å²) in [7, 11) is 0. The summed E-state index contributed by atoms with van der Waals surface area (Å²) in [5.41, 5.74) is 56.1. The highest BCUT2D eigenvalue weighted by Crippen LogP contribution is 2.22. The minimum Gasteiger partial charge on any atom is -0.480 e. The van der Waals surface area contributed by atoms with Gasteiger partial charge < -0.3 is 115 Å². The molecule has 33 N–H and O–H groups in total. The topological polar surface area (TPSA) is 650 Å².